The van der Waals surface area contributed by atoms with E-state index in [1.165, 1.54) is 0 Å². The normalized spacial score (nSPS) is 25.4. The Labute approximate surface area is 95.7 Å². The lowest BCUT2D eigenvalue weighted by molar-refractivity contribution is 0.101. The first kappa shape index (κ1) is 11.3. The Bertz CT molecular complexity index is 386. The van der Waals surface area contributed by atoms with Gasteiger partial charge in [-0.15, -0.1) is 0 Å². The fourth-order valence-corrected chi connectivity index (χ4v) is 2.45. The van der Waals surface area contributed by atoms with Gasteiger partial charge in [-0.3, -0.25) is 4.79 Å². The number of Topliss-reactive ketones (excluding diaryl/α,β-unsaturated/α-hetero) is 1. The van der Waals surface area contributed by atoms with Gasteiger partial charge in [0.1, 0.15) is 6.17 Å². The molecule has 0 aliphatic heterocycles. The van der Waals surface area contributed by atoms with Crippen molar-refractivity contribution in [3.63, 3.8) is 0 Å². The van der Waals surface area contributed by atoms with E-state index < -0.39 is 6.17 Å². The molecule has 2 heteroatoms. The van der Waals surface area contributed by atoms with Crippen LogP contribution in [0.5, 0.6) is 0 Å². The first-order valence-electron chi connectivity index (χ1n) is 5.93. The summed E-state index contributed by atoms with van der Waals surface area (Å²) in [6, 6.07) is 7.44. The maximum atomic E-state index is 13.8. The zero-order valence-electron chi connectivity index (χ0n) is 9.58. The van der Waals surface area contributed by atoms with Gasteiger partial charge in [-0.2, -0.15) is 0 Å². The molecule has 2 unspecified atom stereocenters. The summed E-state index contributed by atoms with van der Waals surface area (Å²) >= 11 is 0. The first-order chi connectivity index (χ1) is 7.68. The third-order valence-electron chi connectivity index (χ3n) is 3.40. The number of hydrogen-bond acceptors (Lipinski definition) is 1. The maximum absolute atomic E-state index is 13.8. The zero-order chi connectivity index (χ0) is 11.5. The number of benzene rings is 1. The minimum atomic E-state index is -0.740. The third-order valence-corrected chi connectivity index (χ3v) is 3.40. The largest absolute Gasteiger partial charge is 0.295 e. The van der Waals surface area contributed by atoms with E-state index in [1.807, 2.05) is 18.2 Å². The van der Waals surface area contributed by atoms with Crippen molar-refractivity contribution in [3.8, 4) is 0 Å². The fraction of sp³-hybridized carbons (Fsp3) is 0.500. The molecule has 1 fully saturated rings. The van der Waals surface area contributed by atoms with E-state index in [9.17, 15) is 9.18 Å². The molecular formula is C14H17FO. The Hall–Kier alpha value is -1.18. The molecule has 16 heavy (non-hydrogen) atoms. The minimum Gasteiger partial charge on any atom is -0.295 e. The highest BCUT2D eigenvalue weighted by Gasteiger charge is 2.26. The van der Waals surface area contributed by atoms with Crippen LogP contribution in [0.15, 0.2) is 24.3 Å². The molecule has 86 valence electrons. The summed E-state index contributed by atoms with van der Waals surface area (Å²) in [5.74, 6) is 0.0427. The van der Waals surface area contributed by atoms with E-state index in [4.69, 9.17) is 0 Å². The van der Waals surface area contributed by atoms with Gasteiger partial charge in [0, 0.05) is 11.5 Å². The molecule has 0 aromatic heterocycles. The summed E-state index contributed by atoms with van der Waals surface area (Å²) in [4.78, 5) is 11.3. The van der Waals surface area contributed by atoms with E-state index in [0.717, 1.165) is 24.8 Å². The van der Waals surface area contributed by atoms with Gasteiger partial charge < -0.3 is 0 Å². The van der Waals surface area contributed by atoms with Crippen molar-refractivity contribution in [1.82, 2.24) is 0 Å². The molecule has 2 rings (SSSR count). The van der Waals surface area contributed by atoms with Crippen LogP contribution in [0, 0.1) is 0 Å². The molecule has 0 N–H and O–H groups in total. The number of hydrogen-bond donors (Lipinski definition) is 0. The Kier molecular flexibility index (Phi) is 3.37. The van der Waals surface area contributed by atoms with Gasteiger partial charge >= 0.3 is 0 Å². The quantitative estimate of drug-likeness (QED) is 0.691. The van der Waals surface area contributed by atoms with E-state index in [0.29, 0.717) is 12.0 Å². The molecule has 0 bridgehead atoms. The third kappa shape index (κ3) is 2.31. The molecule has 1 aromatic carbocycles. The van der Waals surface area contributed by atoms with Gasteiger partial charge in [0.15, 0.2) is 5.78 Å². The average Bonchev–Trinajstić information content (AvgIpc) is 2.30. The second-order valence-corrected chi connectivity index (χ2v) is 4.59. The van der Waals surface area contributed by atoms with Crippen LogP contribution < -0.4 is 0 Å². The van der Waals surface area contributed by atoms with E-state index in [-0.39, 0.29) is 11.7 Å². The molecule has 1 aliphatic carbocycles. The van der Waals surface area contributed by atoms with Gasteiger partial charge in [0.25, 0.3) is 0 Å². The van der Waals surface area contributed by atoms with Crippen molar-refractivity contribution in [2.24, 2.45) is 0 Å². The summed E-state index contributed by atoms with van der Waals surface area (Å²) in [7, 11) is 0. The maximum Gasteiger partial charge on any atom is 0.159 e. The van der Waals surface area contributed by atoms with Crippen molar-refractivity contribution >= 4 is 5.78 Å². The number of rotatable bonds is 2. The Morgan fingerprint density at radius 1 is 1.31 bits per heavy atom. The second-order valence-electron chi connectivity index (χ2n) is 4.59. The van der Waals surface area contributed by atoms with E-state index in [2.05, 4.69) is 0 Å². The molecular weight excluding hydrogens is 203 g/mol. The van der Waals surface area contributed by atoms with Gasteiger partial charge in [-0.05, 0) is 31.4 Å². The molecule has 2 atom stereocenters. The SMILES string of the molecule is CC(=O)c1cccc(C2CCCCC2F)c1. The number of halogens is 1. The monoisotopic (exact) mass is 220 g/mol. The van der Waals surface area contributed by atoms with Crippen LogP contribution in [-0.2, 0) is 0 Å². The first-order valence-corrected chi connectivity index (χ1v) is 5.93. The van der Waals surface area contributed by atoms with Crippen LogP contribution in [0.25, 0.3) is 0 Å². The lowest BCUT2D eigenvalue weighted by atomic mass is 9.82. The molecule has 0 saturated heterocycles. The van der Waals surface area contributed by atoms with Gasteiger partial charge in [-0.25, -0.2) is 4.39 Å². The zero-order valence-corrected chi connectivity index (χ0v) is 9.58. The van der Waals surface area contributed by atoms with Gasteiger partial charge in [-0.1, -0.05) is 31.0 Å². The van der Waals surface area contributed by atoms with Crippen LogP contribution in [-0.4, -0.2) is 12.0 Å². The minimum absolute atomic E-state index is 0.00644. The van der Waals surface area contributed by atoms with Crippen molar-refractivity contribution in [3.05, 3.63) is 35.4 Å². The van der Waals surface area contributed by atoms with Crippen LogP contribution in [0.3, 0.4) is 0 Å². The highest BCUT2D eigenvalue weighted by Crippen LogP contribution is 2.35. The predicted octanol–water partition coefficient (Wildman–Crippen LogP) is 3.88. The molecule has 0 heterocycles. The lowest BCUT2D eigenvalue weighted by Crippen LogP contribution is -2.18. The number of carbonyl (C=O) groups is 1. The van der Waals surface area contributed by atoms with Crippen molar-refractivity contribution in [1.29, 1.82) is 0 Å². The van der Waals surface area contributed by atoms with Gasteiger partial charge in [0.2, 0.25) is 0 Å². The molecule has 1 aromatic rings. The second kappa shape index (κ2) is 4.77. The van der Waals surface area contributed by atoms with Crippen LogP contribution in [0.4, 0.5) is 4.39 Å². The average molecular weight is 220 g/mol. The molecule has 1 nitrogen and oxygen atoms in total. The Morgan fingerprint density at radius 3 is 2.75 bits per heavy atom. The summed E-state index contributed by atoms with van der Waals surface area (Å²) < 4.78 is 13.8. The number of carbonyl (C=O) groups excluding carboxylic acids is 1. The Morgan fingerprint density at radius 2 is 2.06 bits per heavy atom. The number of ketones is 1. The molecule has 1 aliphatic rings. The van der Waals surface area contributed by atoms with Crippen LogP contribution >= 0.6 is 0 Å². The summed E-state index contributed by atoms with van der Waals surface area (Å²) in [6.07, 6.45) is 2.91. The van der Waals surface area contributed by atoms with Crippen LogP contribution in [0.2, 0.25) is 0 Å². The highest BCUT2D eigenvalue weighted by atomic mass is 19.1. The lowest BCUT2D eigenvalue weighted by Gasteiger charge is -2.26. The van der Waals surface area contributed by atoms with E-state index in [1.54, 1.807) is 13.0 Å². The number of alkyl halides is 1. The van der Waals surface area contributed by atoms with Crippen LogP contribution in [0.1, 0.15) is 54.4 Å². The Balaban J connectivity index is 2.25. The molecule has 0 radical (unpaired) electrons. The molecule has 1 saturated carbocycles. The molecule has 0 amide bonds. The van der Waals surface area contributed by atoms with E-state index >= 15 is 0 Å². The van der Waals surface area contributed by atoms with Gasteiger partial charge in [0.05, 0.1) is 0 Å². The highest BCUT2D eigenvalue weighted by molar-refractivity contribution is 5.94. The summed E-state index contributed by atoms with van der Waals surface area (Å²) in [6.45, 7) is 1.55. The topological polar surface area (TPSA) is 17.1 Å². The fourth-order valence-electron chi connectivity index (χ4n) is 2.45. The smallest absolute Gasteiger partial charge is 0.159 e. The van der Waals surface area contributed by atoms with Crippen molar-refractivity contribution in [2.75, 3.05) is 0 Å². The van der Waals surface area contributed by atoms with Crippen molar-refractivity contribution in [2.45, 2.75) is 44.7 Å². The predicted molar refractivity (Wildman–Crippen MR) is 62.6 cm³/mol. The summed E-state index contributed by atoms with van der Waals surface area (Å²) in [5, 5.41) is 0. The van der Waals surface area contributed by atoms with Crippen molar-refractivity contribution < 1.29 is 9.18 Å². The molecule has 0 spiro atoms. The summed E-state index contributed by atoms with van der Waals surface area (Å²) in [5.41, 5.74) is 1.68. The standard InChI is InChI=1S/C14H17FO/c1-10(16)11-5-4-6-12(9-11)13-7-2-3-8-14(13)15/h4-6,9,13-14H,2-3,7-8H2,1H3.